The van der Waals surface area contributed by atoms with E-state index in [1.165, 1.54) is 9.13 Å². The van der Waals surface area contributed by atoms with E-state index >= 15 is 0 Å². The number of aryl methyl sites for hydroxylation is 1. The van der Waals surface area contributed by atoms with Gasteiger partial charge in [0.1, 0.15) is 12.4 Å². The van der Waals surface area contributed by atoms with E-state index in [-0.39, 0.29) is 23.9 Å². The lowest BCUT2D eigenvalue weighted by atomic mass is 10.2. The van der Waals surface area contributed by atoms with Crippen LogP contribution in [0, 0.1) is 0 Å². The average Bonchev–Trinajstić information content (AvgIpc) is 2.85. The standard InChI is InChI=1S/C14H23N5O3/c1-5-9(15)7-19-10(8-22-4)16-12-11(19)13(20)18(6-2)14(21)17(12)3/h9H,5-8,15H2,1-4H3. The van der Waals surface area contributed by atoms with E-state index in [2.05, 4.69) is 4.98 Å². The third-order valence-corrected chi connectivity index (χ3v) is 3.84. The third kappa shape index (κ3) is 2.59. The zero-order valence-corrected chi connectivity index (χ0v) is 13.5. The van der Waals surface area contributed by atoms with Crippen molar-refractivity contribution in [3.63, 3.8) is 0 Å². The first-order chi connectivity index (χ1) is 10.5. The Labute approximate surface area is 128 Å². The summed E-state index contributed by atoms with van der Waals surface area (Å²) in [4.78, 5) is 29.3. The van der Waals surface area contributed by atoms with Crippen LogP contribution >= 0.6 is 0 Å². The van der Waals surface area contributed by atoms with Crippen LogP contribution < -0.4 is 17.0 Å². The molecule has 0 fully saturated rings. The largest absolute Gasteiger partial charge is 0.377 e. The zero-order chi connectivity index (χ0) is 16.4. The molecule has 0 aliphatic carbocycles. The van der Waals surface area contributed by atoms with Crippen molar-refractivity contribution in [2.75, 3.05) is 7.11 Å². The van der Waals surface area contributed by atoms with Crippen LogP contribution in [0.4, 0.5) is 0 Å². The van der Waals surface area contributed by atoms with Gasteiger partial charge in [0.15, 0.2) is 11.2 Å². The van der Waals surface area contributed by atoms with Crippen molar-refractivity contribution >= 4 is 11.2 Å². The van der Waals surface area contributed by atoms with Gasteiger partial charge < -0.3 is 15.0 Å². The molecule has 22 heavy (non-hydrogen) atoms. The summed E-state index contributed by atoms with van der Waals surface area (Å²) in [5.74, 6) is 0.599. The average molecular weight is 309 g/mol. The first-order valence-corrected chi connectivity index (χ1v) is 7.39. The molecule has 8 nitrogen and oxygen atoms in total. The number of nitrogens with zero attached hydrogens (tertiary/aromatic N) is 4. The smallest absolute Gasteiger partial charge is 0.332 e. The molecule has 0 amide bonds. The second kappa shape index (κ2) is 6.45. The molecule has 0 bridgehead atoms. The van der Waals surface area contributed by atoms with Gasteiger partial charge in [-0.15, -0.1) is 0 Å². The number of methoxy groups -OCH3 is 1. The summed E-state index contributed by atoms with van der Waals surface area (Å²) in [6.45, 7) is 4.78. The predicted octanol–water partition coefficient (Wildman–Crippen LogP) is -0.200. The fraction of sp³-hybridized carbons (Fsp3) is 0.643. The summed E-state index contributed by atoms with van der Waals surface area (Å²) in [5.41, 5.74) is 6.11. The number of imidazole rings is 1. The molecular formula is C14H23N5O3. The highest BCUT2D eigenvalue weighted by molar-refractivity contribution is 5.71. The van der Waals surface area contributed by atoms with Crippen molar-refractivity contribution < 1.29 is 4.74 Å². The summed E-state index contributed by atoms with van der Waals surface area (Å²) >= 11 is 0. The molecule has 0 radical (unpaired) electrons. The van der Waals surface area contributed by atoms with Gasteiger partial charge >= 0.3 is 5.69 Å². The van der Waals surface area contributed by atoms with E-state index in [1.807, 2.05) is 6.92 Å². The van der Waals surface area contributed by atoms with E-state index in [4.69, 9.17) is 10.5 Å². The Morgan fingerprint density at radius 2 is 1.95 bits per heavy atom. The molecule has 2 aromatic heterocycles. The number of aromatic nitrogens is 4. The molecule has 1 atom stereocenters. The first-order valence-electron chi connectivity index (χ1n) is 7.39. The minimum Gasteiger partial charge on any atom is -0.377 e. The fourth-order valence-corrected chi connectivity index (χ4v) is 2.50. The van der Waals surface area contributed by atoms with Gasteiger partial charge in [0.25, 0.3) is 5.56 Å². The van der Waals surface area contributed by atoms with Crippen molar-refractivity contribution in [2.45, 2.75) is 46.0 Å². The summed E-state index contributed by atoms with van der Waals surface area (Å²) in [7, 11) is 3.18. The molecule has 2 heterocycles. The van der Waals surface area contributed by atoms with Crippen LogP contribution in [-0.2, 0) is 31.5 Å². The lowest BCUT2D eigenvalue weighted by Crippen LogP contribution is -2.39. The third-order valence-electron chi connectivity index (χ3n) is 3.84. The molecule has 0 saturated carbocycles. The number of hydrogen-bond donors (Lipinski definition) is 1. The molecule has 0 aromatic carbocycles. The number of hydrogen-bond acceptors (Lipinski definition) is 5. The van der Waals surface area contributed by atoms with Gasteiger partial charge in [0, 0.05) is 33.3 Å². The van der Waals surface area contributed by atoms with E-state index < -0.39 is 0 Å². The molecule has 1 unspecified atom stereocenters. The molecule has 8 heteroatoms. The maximum absolute atomic E-state index is 12.6. The first kappa shape index (κ1) is 16.4. The summed E-state index contributed by atoms with van der Waals surface area (Å²) in [5, 5.41) is 0. The Morgan fingerprint density at radius 3 is 2.50 bits per heavy atom. The molecule has 2 N–H and O–H groups in total. The maximum atomic E-state index is 12.6. The van der Waals surface area contributed by atoms with Crippen molar-refractivity contribution in [1.82, 2.24) is 18.7 Å². The Hall–Kier alpha value is -1.93. The van der Waals surface area contributed by atoms with Crippen LogP contribution in [0.15, 0.2) is 9.59 Å². The molecule has 2 aromatic rings. The lowest BCUT2D eigenvalue weighted by molar-refractivity contribution is 0.174. The zero-order valence-electron chi connectivity index (χ0n) is 13.5. The summed E-state index contributed by atoms with van der Waals surface area (Å²) in [6, 6.07) is -0.0975. The van der Waals surface area contributed by atoms with Crippen molar-refractivity contribution in [1.29, 1.82) is 0 Å². The van der Waals surface area contributed by atoms with Crippen molar-refractivity contribution in [2.24, 2.45) is 12.8 Å². The van der Waals surface area contributed by atoms with Crippen molar-refractivity contribution in [3.05, 3.63) is 26.7 Å². The van der Waals surface area contributed by atoms with Crippen LogP contribution in [0.2, 0.25) is 0 Å². The van der Waals surface area contributed by atoms with Gasteiger partial charge in [-0.05, 0) is 13.3 Å². The minimum atomic E-state index is -0.367. The molecule has 0 saturated heterocycles. The van der Waals surface area contributed by atoms with Crippen molar-refractivity contribution in [3.8, 4) is 0 Å². The Morgan fingerprint density at radius 1 is 1.27 bits per heavy atom. The molecular weight excluding hydrogens is 286 g/mol. The highest BCUT2D eigenvalue weighted by Gasteiger charge is 2.20. The molecule has 122 valence electrons. The number of nitrogens with two attached hydrogens (primary N) is 1. The van der Waals surface area contributed by atoms with Gasteiger partial charge in [-0.3, -0.25) is 13.9 Å². The maximum Gasteiger partial charge on any atom is 0.332 e. The van der Waals surface area contributed by atoms with E-state index in [1.54, 1.807) is 25.6 Å². The topological polar surface area (TPSA) is 97.1 Å². The molecule has 0 aliphatic rings. The Kier molecular flexibility index (Phi) is 4.82. The normalized spacial score (nSPS) is 13.0. The second-order valence-corrected chi connectivity index (χ2v) is 5.30. The van der Waals surface area contributed by atoms with E-state index in [9.17, 15) is 9.59 Å². The molecule has 0 spiro atoms. The SMILES string of the molecule is CCC(N)Cn1c(COC)nc2c1c(=O)n(CC)c(=O)n2C. The lowest BCUT2D eigenvalue weighted by Gasteiger charge is -2.13. The van der Waals surface area contributed by atoms with Crippen LogP contribution in [0.1, 0.15) is 26.1 Å². The molecule has 2 rings (SSSR count). The van der Waals surface area contributed by atoms with Gasteiger partial charge in [-0.25, -0.2) is 9.78 Å². The van der Waals surface area contributed by atoms with E-state index in [0.717, 1.165) is 6.42 Å². The molecule has 0 aliphatic heterocycles. The number of ether oxygens (including phenoxy) is 1. The minimum absolute atomic E-state index is 0.0975. The van der Waals surface area contributed by atoms with Gasteiger partial charge in [-0.2, -0.15) is 0 Å². The van der Waals surface area contributed by atoms with Gasteiger partial charge in [0.05, 0.1) is 0 Å². The quantitative estimate of drug-likeness (QED) is 0.797. The van der Waals surface area contributed by atoms with Crippen LogP contribution in [0.3, 0.4) is 0 Å². The van der Waals surface area contributed by atoms with Crippen LogP contribution in [0.5, 0.6) is 0 Å². The summed E-state index contributed by atoms with van der Waals surface area (Å²) < 4.78 is 9.54. The van der Waals surface area contributed by atoms with Crippen LogP contribution in [0.25, 0.3) is 11.2 Å². The Bertz CT molecular complexity index is 786. The fourth-order valence-electron chi connectivity index (χ4n) is 2.50. The highest BCUT2D eigenvalue weighted by Crippen LogP contribution is 2.13. The Balaban J connectivity index is 2.84. The second-order valence-electron chi connectivity index (χ2n) is 5.30. The summed E-state index contributed by atoms with van der Waals surface area (Å²) in [6.07, 6.45) is 0.778. The monoisotopic (exact) mass is 309 g/mol. The predicted molar refractivity (Wildman–Crippen MR) is 83.9 cm³/mol. The highest BCUT2D eigenvalue weighted by atomic mass is 16.5. The van der Waals surface area contributed by atoms with Gasteiger partial charge in [0.2, 0.25) is 0 Å². The number of fused-ring (bicyclic) bond motifs is 1. The van der Waals surface area contributed by atoms with Gasteiger partial charge in [-0.1, -0.05) is 6.92 Å². The number of rotatable bonds is 6. The van der Waals surface area contributed by atoms with Crippen LogP contribution in [-0.4, -0.2) is 31.8 Å². The van der Waals surface area contributed by atoms with E-state index in [0.29, 0.717) is 30.1 Å².